The molecule has 1 unspecified atom stereocenters. The Hall–Kier alpha value is -2.99. The number of nitrogens with zero attached hydrogens (tertiary/aromatic N) is 5. The van der Waals surface area contributed by atoms with Gasteiger partial charge < -0.3 is 24.8 Å². The summed E-state index contributed by atoms with van der Waals surface area (Å²) >= 11 is 4.86. The van der Waals surface area contributed by atoms with E-state index in [1.807, 2.05) is 10.3 Å². The van der Waals surface area contributed by atoms with E-state index in [2.05, 4.69) is 26.2 Å². The van der Waals surface area contributed by atoms with Crippen molar-refractivity contribution in [2.24, 2.45) is 4.99 Å². The van der Waals surface area contributed by atoms with Crippen LogP contribution in [0.2, 0.25) is 0 Å². The number of hydrogen-bond donors (Lipinski definition) is 1. The number of amidine groups is 1. The molecule has 0 bridgehead atoms. The van der Waals surface area contributed by atoms with Gasteiger partial charge in [-0.2, -0.15) is 0 Å². The number of amides is 2. The first-order valence-electron chi connectivity index (χ1n) is 11.1. The van der Waals surface area contributed by atoms with E-state index in [1.165, 1.54) is 23.5 Å². The molecule has 1 saturated heterocycles. The molecule has 2 aliphatic heterocycles. The number of aliphatic imine (C=N–C) groups is 1. The zero-order chi connectivity index (χ0) is 25.1. The van der Waals surface area contributed by atoms with Gasteiger partial charge in [0.1, 0.15) is 23.3 Å². The molecule has 0 radical (unpaired) electrons. The molecule has 0 spiro atoms. The van der Waals surface area contributed by atoms with Crippen LogP contribution in [0.25, 0.3) is 0 Å². The van der Waals surface area contributed by atoms with Crippen LogP contribution >= 0.6 is 27.3 Å². The molecule has 1 aromatic heterocycles. The van der Waals surface area contributed by atoms with Crippen molar-refractivity contribution in [3.63, 3.8) is 0 Å². The van der Waals surface area contributed by atoms with Crippen molar-refractivity contribution in [1.29, 1.82) is 0 Å². The molecule has 1 atom stereocenters. The number of aromatic nitrogens is 1. The number of nitrogens with one attached hydrogen (secondary N) is 1. The second kappa shape index (κ2) is 10.7. The summed E-state index contributed by atoms with van der Waals surface area (Å²) in [6.45, 7) is 3.94. The number of carbonyl (C=O) groups excluding carboxylic acids is 2. The maximum absolute atomic E-state index is 13.9. The molecule has 1 fully saturated rings. The Bertz CT molecular complexity index is 1160. The Morgan fingerprint density at radius 2 is 2.03 bits per heavy atom. The minimum atomic E-state index is -0.749. The van der Waals surface area contributed by atoms with E-state index in [0.717, 1.165) is 0 Å². The zero-order valence-corrected chi connectivity index (χ0v) is 22.0. The summed E-state index contributed by atoms with van der Waals surface area (Å²) in [6.07, 6.45) is 1.68. The van der Waals surface area contributed by atoms with Crippen LogP contribution < -0.4 is 5.32 Å². The van der Waals surface area contributed by atoms with Crippen LogP contribution in [-0.4, -0.2) is 84.4 Å². The molecule has 9 nitrogen and oxygen atoms in total. The fourth-order valence-electron chi connectivity index (χ4n) is 4.00. The predicted octanol–water partition coefficient (Wildman–Crippen LogP) is 3.21. The van der Waals surface area contributed by atoms with Gasteiger partial charge in [0.25, 0.3) is 0 Å². The molecular weight excluding hydrogens is 539 g/mol. The highest BCUT2D eigenvalue weighted by molar-refractivity contribution is 9.10. The molecule has 12 heteroatoms. The van der Waals surface area contributed by atoms with E-state index in [1.54, 1.807) is 43.1 Å². The van der Waals surface area contributed by atoms with Crippen LogP contribution in [0.5, 0.6) is 0 Å². The number of halogens is 2. The molecule has 4 rings (SSSR count). The number of hydrogen-bond acceptors (Lipinski definition) is 8. The molecule has 2 amide bonds. The third-order valence-corrected chi connectivity index (χ3v) is 7.13. The number of urea groups is 1. The van der Waals surface area contributed by atoms with Crippen molar-refractivity contribution in [3.8, 4) is 0 Å². The van der Waals surface area contributed by atoms with Crippen LogP contribution in [0.4, 0.5) is 9.18 Å². The summed E-state index contributed by atoms with van der Waals surface area (Å²) in [6, 6.07) is 3.50. The maximum Gasteiger partial charge on any atom is 0.340 e. The molecule has 3 heterocycles. The maximum atomic E-state index is 13.9. The topological polar surface area (TPSA) is 90.4 Å². The highest BCUT2D eigenvalue weighted by Crippen LogP contribution is 2.37. The monoisotopic (exact) mass is 564 g/mol. The summed E-state index contributed by atoms with van der Waals surface area (Å²) in [5.74, 6) is 0.158. The highest BCUT2D eigenvalue weighted by Gasteiger charge is 2.37. The quantitative estimate of drug-likeness (QED) is 0.561. The van der Waals surface area contributed by atoms with Gasteiger partial charge in [0.05, 0.1) is 6.61 Å². The molecule has 0 saturated carbocycles. The highest BCUT2D eigenvalue weighted by atomic mass is 79.9. The van der Waals surface area contributed by atoms with Gasteiger partial charge in [-0.05, 0) is 24.6 Å². The summed E-state index contributed by atoms with van der Waals surface area (Å²) in [5.41, 5.74) is 0.954. The van der Waals surface area contributed by atoms with Gasteiger partial charge in [-0.3, -0.25) is 4.99 Å². The Balaban J connectivity index is 1.78. The van der Waals surface area contributed by atoms with Crippen LogP contribution in [0.15, 0.2) is 50.6 Å². The van der Waals surface area contributed by atoms with E-state index in [0.29, 0.717) is 58.5 Å². The summed E-state index contributed by atoms with van der Waals surface area (Å²) in [5, 5.41) is 5.82. The molecule has 2 aliphatic rings. The molecule has 2 aromatic rings. The third kappa shape index (κ3) is 5.32. The molecule has 186 valence electrons. The normalized spacial score (nSPS) is 18.2. The Morgan fingerprint density at radius 1 is 1.29 bits per heavy atom. The first-order valence-corrected chi connectivity index (χ1v) is 12.8. The molecule has 35 heavy (non-hydrogen) atoms. The zero-order valence-electron chi connectivity index (χ0n) is 19.6. The van der Waals surface area contributed by atoms with E-state index in [-0.39, 0.29) is 12.6 Å². The predicted molar refractivity (Wildman–Crippen MR) is 135 cm³/mol. The lowest BCUT2D eigenvalue weighted by Gasteiger charge is -2.40. The number of benzene rings is 1. The standard InChI is InChI=1S/C23H26BrFN6O3S/c1-4-34-22(32)17-18(15-6-5-14(25)13-16(15)24)27-19(21-26-7-12-35-21)28-20(17)30-8-10-31(11-9-30)23(33)29(2)3/h5-7,12-13,18H,4,8-11H2,1-3H3,(H,27,28). The first kappa shape index (κ1) is 25.1. The Labute approximate surface area is 215 Å². The summed E-state index contributed by atoms with van der Waals surface area (Å²) < 4.78 is 19.8. The van der Waals surface area contributed by atoms with Crippen molar-refractivity contribution in [2.75, 3.05) is 46.9 Å². The average Bonchev–Trinajstić information content (AvgIpc) is 3.38. The van der Waals surface area contributed by atoms with Crippen LogP contribution in [0.1, 0.15) is 23.5 Å². The lowest BCUT2D eigenvalue weighted by atomic mass is 9.96. The lowest BCUT2D eigenvalue weighted by Crippen LogP contribution is -2.54. The van der Waals surface area contributed by atoms with E-state index in [9.17, 15) is 14.0 Å². The number of piperazine rings is 1. The third-order valence-electron chi connectivity index (χ3n) is 5.66. The molecule has 1 N–H and O–H groups in total. The molecular formula is C23H26BrFN6O3S. The van der Waals surface area contributed by atoms with Gasteiger partial charge >= 0.3 is 12.0 Å². The number of thiazole rings is 1. The van der Waals surface area contributed by atoms with Gasteiger partial charge in [-0.25, -0.2) is 19.0 Å². The van der Waals surface area contributed by atoms with Crippen LogP contribution in [-0.2, 0) is 9.53 Å². The van der Waals surface area contributed by atoms with E-state index < -0.39 is 17.8 Å². The van der Waals surface area contributed by atoms with E-state index in [4.69, 9.17) is 9.73 Å². The van der Waals surface area contributed by atoms with Gasteiger partial charge in [0, 0.05) is 56.3 Å². The minimum Gasteiger partial charge on any atom is -0.462 e. The van der Waals surface area contributed by atoms with Crippen molar-refractivity contribution >= 4 is 45.1 Å². The fraction of sp³-hybridized carbons (Fsp3) is 0.391. The lowest BCUT2D eigenvalue weighted by molar-refractivity contribution is -0.139. The van der Waals surface area contributed by atoms with Crippen molar-refractivity contribution in [3.05, 3.63) is 62.0 Å². The van der Waals surface area contributed by atoms with Gasteiger partial charge in [-0.1, -0.05) is 22.0 Å². The Kier molecular flexibility index (Phi) is 7.70. The second-order valence-electron chi connectivity index (χ2n) is 8.14. The van der Waals surface area contributed by atoms with Crippen molar-refractivity contribution in [2.45, 2.75) is 13.0 Å². The number of rotatable bonds is 5. The number of ether oxygens (including phenoxy) is 1. The smallest absolute Gasteiger partial charge is 0.340 e. The summed E-state index contributed by atoms with van der Waals surface area (Å²) in [4.78, 5) is 40.3. The van der Waals surface area contributed by atoms with Crippen molar-refractivity contribution in [1.82, 2.24) is 25.0 Å². The van der Waals surface area contributed by atoms with Gasteiger partial charge in [-0.15, -0.1) is 11.3 Å². The Morgan fingerprint density at radius 3 is 2.63 bits per heavy atom. The molecule has 0 aliphatic carbocycles. The number of esters is 1. The van der Waals surface area contributed by atoms with Crippen LogP contribution in [0.3, 0.4) is 0 Å². The fourth-order valence-corrected chi connectivity index (χ4v) is 5.16. The molecule has 1 aromatic carbocycles. The van der Waals surface area contributed by atoms with Crippen LogP contribution in [0, 0.1) is 5.82 Å². The second-order valence-corrected chi connectivity index (χ2v) is 9.89. The SMILES string of the molecule is CCOC(=O)C1=C(N2CCN(C(=O)N(C)C)CC2)NC(c2nccs2)=NC1c1ccc(F)cc1Br. The van der Waals surface area contributed by atoms with Gasteiger partial charge in [0.15, 0.2) is 10.8 Å². The largest absolute Gasteiger partial charge is 0.462 e. The van der Waals surface area contributed by atoms with Gasteiger partial charge in [0.2, 0.25) is 0 Å². The summed E-state index contributed by atoms with van der Waals surface area (Å²) in [7, 11) is 3.45. The number of carbonyl (C=O) groups is 2. The van der Waals surface area contributed by atoms with E-state index >= 15 is 0 Å². The first-order chi connectivity index (χ1) is 16.8. The minimum absolute atomic E-state index is 0.0565. The average molecular weight is 565 g/mol. The van der Waals surface area contributed by atoms with Crippen molar-refractivity contribution < 1.29 is 18.7 Å².